The molecule has 0 radical (unpaired) electrons. The fourth-order valence-electron chi connectivity index (χ4n) is 2.92. The molecule has 0 spiro atoms. The quantitative estimate of drug-likeness (QED) is 0.587. The number of ether oxygens (including phenoxy) is 1. The summed E-state index contributed by atoms with van der Waals surface area (Å²) >= 11 is 0. The zero-order chi connectivity index (χ0) is 16.4. The average Bonchev–Trinajstić information content (AvgIpc) is 2.58. The molecule has 0 aliphatic heterocycles. The van der Waals surface area contributed by atoms with Gasteiger partial charge in [0.15, 0.2) is 0 Å². The number of hydrogen-bond donors (Lipinski definition) is 1. The topological polar surface area (TPSA) is 52.3 Å². The molecule has 0 saturated carbocycles. The zero-order valence-electron chi connectivity index (χ0n) is 12.8. The van der Waals surface area contributed by atoms with Crippen molar-refractivity contribution in [2.75, 3.05) is 6.61 Å². The van der Waals surface area contributed by atoms with Crippen LogP contribution in [-0.2, 0) is 9.53 Å². The van der Waals surface area contributed by atoms with Crippen LogP contribution in [0.3, 0.4) is 0 Å². The van der Waals surface area contributed by atoms with Crippen LogP contribution in [0.4, 0.5) is 4.39 Å². The highest BCUT2D eigenvalue weighted by molar-refractivity contribution is 6.03. The predicted octanol–water partition coefficient (Wildman–Crippen LogP) is 3.89. The molecule has 0 fully saturated rings. The minimum absolute atomic E-state index is 0.127. The van der Waals surface area contributed by atoms with Crippen LogP contribution in [0.25, 0.3) is 21.5 Å². The van der Waals surface area contributed by atoms with Crippen LogP contribution in [0.1, 0.15) is 18.5 Å². The van der Waals surface area contributed by atoms with Crippen LogP contribution in [0.5, 0.6) is 0 Å². The standard InChI is InChI=1S/C19H18FNO2/c1-2-23-19(22)17(20)18(21)16-14-9-5-3-7-12(14)11-13-8-4-6-10-15(13)16/h3-11,17-18H,2,21H2,1H3/t17?,18-/m0/s1. The number of rotatable bonds is 4. The molecule has 0 bridgehead atoms. The van der Waals surface area contributed by atoms with E-state index in [0.29, 0.717) is 5.56 Å². The number of alkyl halides is 1. The average molecular weight is 311 g/mol. The number of fused-ring (bicyclic) bond motifs is 2. The first kappa shape index (κ1) is 15.4. The molecule has 3 aromatic carbocycles. The summed E-state index contributed by atoms with van der Waals surface area (Å²) in [7, 11) is 0. The normalized spacial score (nSPS) is 13.9. The molecule has 4 heteroatoms. The maximum atomic E-state index is 14.5. The number of carbonyl (C=O) groups is 1. The van der Waals surface area contributed by atoms with Gasteiger partial charge in [0.05, 0.1) is 12.6 Å². The molecule has 23 heavy (non-hydrogen) atoms. The van der Waals surface area contributed by atoms with Gasteiger partial charge in [-0.2, -0.15) is 0 Å². The van der Waals surface area contributed by atoms with Crippen molar-refractivity contribution in [3.63, 3.8) is 0 Å². The largest absolute Gasteiger partial charge is 0.464 e. The number of benzene rings is 3. The molecule has 0 amide bonds. The maximum Gasteiger partial charge on any atom is 0.342 e. The van der Waals surface area contributed by atoms with E-state index in [2.05, 4.69) is 0 Å². The highest BCUT2D eigenvalue weighted by Crippen LogP contribution is 2.34. The van der Waals surface area contributed by atoms with Crippen LogP contribution >= 0.6 is 0 Å². The molecule has 2 atom stereocenters. The van der Waals surface area contributed by atoms with Crippen molar-refractivity contribution in [1.82, 2.24) is 0 Å². The Bertz CT molecular complexity index is 808. The Balaban J connectivity index is 2.22. The summed E-state index contributed by atoms with van der Waals surface area (Å²) in [5.74, 6) is -0.919. The van der Waals surface area contributed by atoms with Gasteiger partial charge in [-0.25, -0.2) is 9.18 Å². The lowest BCUT2D eigenvalue weighted by molar-refractivity contribution is -0.149. The molecule has 2 N–H and O–H groups in total. The summed E-state index contributed by atoms with van der Waals surface area (Å²) in [6, 6.07) is 16.3. The molecule has 3 nitrogen and oxygen atoms in total. The van der Waals surface area contributed by atoms with Gasteiger partial charge in [0.2, 0.25) is 6.17 Å². The van der Waals surface area contributed by atoms with Gasteiger partial charge in [0.25, 0.3) is 0 Å². The Kier molecular flexibility index (Phi) is 4.26. The third-order valence-corrected chi connectivity index (χ3v) is 3.97. The highest BCUT2D eigenvalue weighted by atomic mass is 19.1. The molecule has 0 aliphatic rings. The minimum Gasteiger partial charge on any atom is -0.464 e. The monoisotopic (exact) mass is 311 g/mol. The first-order chi connectivity index (χ1) is 11.1. The van der Waals surface area contributed by atoms with Gasteiger partial charge in [-0.1, -0.05) is 48.5 Å². The van der Waals surface area contributed by atoms with Gasteiger partial charge in [-0.05, 0) is 40.1 Å². The maximum absolute atomic E-state index is 14.5. The van der Waals surface area contributed by atoms with E-state index in [1.54, 1.807) is 6.92 Å². The van der Waals surface area contributed by atoms with E-state index in [4.69, 9.17) is 10.5 Å². The summed E-state index contributed by atoms with van der Waals surface area (Å²) < 4.78 is 19.3. The lowest BCUT2D eigenvalue weighted by Gasteiger charge is -2.20. The molecule has 0 aromatic heterocycles. The molecule has 3 aromatic rings. The van der Waals surface area contributed by atoms with E-state index >= 15 is 0 Å². The van der Waals surface area contributed by atoms with E-state index < -0.39 is 18.2 Å². The molecular formula is C19H18FNO2. The lowest BCUT2D eigenvalue weighted by Crippen LogP contribution is -2.31. The van der Waals surface area contributed by atoms with Crippen LogP contribution in [0.15, 0.2) is 54.6 Å². The van der Waals surface area contributed by atoms with Gasteiger partial charge in [-0.15, -0.1) is 0 Å². The Morgan fingerprint density at radius 3 is 2.13 bits per heavy atom. The molecule has 1 unspecified atom stereocenters. The molecule has 118 valence electrons. The zero-order valence-corrected chi connectivity index (χ0v) is 12.8. The number of carbonyl (C=O) groups excluding carboxylic acids is 1. The van der Waals surface area contributed by atoms with E-state index in [9.17, 15) is 9.18 Å². The lowest BCUT2D eigenvalue weighted by atomic mass is 9.90. The molecular weight excluding hydrogens is 293 g/mol. The van der Waals surface area contributed by atoms with Crippen molar-refractivity contribution < 1.29 is 13.9 Å². The van der Waals surface area contributed by atoms with Crippen LogP contribution in [0, 0.1) is 0 Å². The Hall–Kier alpha value is -2.46. The molecule has 0 heterocycles. The summed E-state index contributed by atoms with van der Waals surface area (Å²) in [6.07, 6.45) is -1.90. The van der Waals surface area contributed by atoms with Crippen LogP contribution in [0.2, 0.25) is 0 Å². The summed E-state index contributed by atoms with van der Waals surface area (Å²) in [4.78, 5) is 11.8. The molecule has 0 saturated heterocycles. The van der Waals surface area contributed by atoms with Gasteiger partial charge < -0.3 is 10.5 Å². The summed E-state index contributed by atoms with van der Waals surface area (Å²) in [5, 5.41) is 3.64. The van der Waals surface area contributed by atoms with E-state index in [1.807, 2.05) is 54.6 Å². The van der Waals surface area contributed by atoms with Gasteiger partial charge in [-0.3, -0.25) is 0 Å². The third-order valence-electron chi connectivity index (χ3n) is 3.97. The van der Waals surface area contributed by atoms with Crippen LogP contribution in [-0.4, -0.2) is 18.7 Å². The third kappa shape index (κ3) is 2.78. The summed E-state index contributed by atoms with van der Waals surface area (Å²) in [6.45, 7) is 1.77. The number of halogens is 1. The van der Waals surface area contributed by atoms with E-state index in [1.165, 1.54) is 0 Å². The fourth-order valence-corrected chi connectivity index (χ4v) is 2.92. The first-order valence-corrected chi connectivity index (χ1v) is 7.60. The second-order valence-electron chi connectivity index (χ2n) is 5.41. The second-order valence-corrected chi connectivity index (χ2v) is 5.41. The smallest absolute Gasteiger partial charge is 0.342 e. The van der Waals surface area contributed by atoms with E-state index in [-0.39, 0.29) is 6.61 Å². The SMILES string of the molecule is CCOC(=O)C(F)[C@@H](N)c1c2ccccc2cc2ccccc12. The van der Waals surface area contributed by atoms with Crippen molar-refractivity contribution in [3.8, 4) is 0 Å². The van der Waals surface area contributed by atoms with Gasteiger partial charge >= 0.3 is 5.97 Å². The Morgan fingerprint density at radius 1 is 1.09 bits per heavy atom. The number of hydrogen-bond acceptors (Lipinski definition) is 3. The molecule has 0 aliphatic carbocycles. The van der Waals surface area contributed by atoms with Crippen molar-refractivity contribution in [2.45, 2.75) is 19.1 Å². The van der Waals surface area contributed by atoms with Crippen LogP contribution < -0.4 is 5.73 Å². The van der Waals surface area contributed by atoms with Gasteiger partial charge in [0, 0.05) is 0 Å². The van der Waals surface area contributed by atoms with E-state index in [0.717, 1.165) is 21.5 Å². The molecule has 3 rings (SSSR count). The van der Waals surface area contributed by atoms with Crippen molar-refractivity contribution in [1.29, 1.82) is 0 Å². The van der Waals surface area contributed by atoms with Crippen molar-refractivity contribution in [2.24, 2.45) is 5.73 Å². The van der Waals surface area contributed by atoms with Gasteiger partial charge in [0.1, 0.15) is 0 Å². The predicted molar refractivity (Wildman–Crippen MR) is 89.9 cm³/mol. The first-order valence-electron chi connectivity index (χ1n) is 7.60. The minimum atomic E-state index is -1.90. The second kappa shape index (κ2) is 6.34. The summed E-state index contributed by atoms with van der Waals surface area (Å²) in [5.41, 5.74) is 6.76. The highest BCUT2D eigenvalue weighted by Gasteiger charge is 2.30. The number of esters is 1. The fraction of sp³-hybridized carbons (Fsp3) is 0.211. The Labute approximate surface area is 133 Å². The van der Waals surface area contributed by atoms with Crippen molar-refractivity contribution >= 4 is 27.5 Å². The number of nitrogens with two attached hydrogens (primary N) is 1. The van der Waals surface area contributed by atoms with Crippen molar-refractivity contribution in [3.05, 3.63) is 60.2 Å². The Morgan fingerprint density at radius 2 is 1.61 bits per heavy atom.